The predicted molar refractivity (Wildman–Crippen MR) is 83.7 cm³/mol. The number of hydrogen-bond donors (Lipinski definition) is 1. The fourth-order valence-electron chi connectivity index (χ4n) is 2.44. The molecule has 2 unspecified atom stereocenters. The van der Waals surface area contributed by atoms with Gasteiger partial charge < -0.3 is 0 Å². The van der Waals surface area contributed by atoms with Gasteiger partial charge >= 0.3 is 0 Å². The van der Waals surface area contributed by atoms with Crippen molar-refractivity contribution in [3.8, 4) is 0 Å². The zero-order valence-electron chi connectivity index (χ0n) is 12.4. The molecule has 0 bridgehead atoms. The molecule has 1 saturated heterocycles. The molecule has 0 saturated carbocycles. The average Bonchev–Trinajstić information content (AvgIpc) is 2.24. The molecule has 0 aliphatic carbocycles. The molecule has 1 heterocycles. The molecule has 1 rings (SSSR count). The van der Waals surface area contributed by atoms with Gasteiger partial charge in [0.05, 0.1) is 0 Å². The fourth-order valence-corrected chi connectivity index (χ4v) is 5.32. The van der Waals surface area contributed by atoms with E-state index in [1.165, 1.54) is 0 Å². The molecule has 0 spiro atoms. The van der Waals surface area contributed by atoms with Crippen molar-refractivity contribution in [2.75, 3.05) is 13.1 Å². The van der Waals surface area contributed by atoms with E-state index in [1.807, 2.05) is 6.92 Å². The third kappa shape index (κ3) is 6.10. The van der Waals surface area contributed by atoms with Crippen LogP contribution in [0.1, 0.15) is 53.4 Å². The SMILES string of the molecule is CC1CCCCN1S(=O)(=O)NCC(Br)CC(C)(C)C. The first-order valence-corrected chi connectivity index (χ1v) is 9.38. The van der Waals surface area contributed by atoms with Crippen molar-refractivity contribution in [2.24, 2.45) is 5.41 Å². The lowest BCUT2D eigenvalue weighted by atomic mass is 9.91. The minimum atomic E-state index is -3.33. The lowest BCUT2D eigenvalue weighted by molar-refractivity contribution is 0.265. The molecule has 1 aliphatic heterocycles. The number of nitrogens with one attached hydrogen (secondary N) is 1. The number of alkyl halides is 1. The molecule has 6 heteroatoms. The van der Waals surface area contributed by atoms with Gasteiger partial charge in [0.15, 0.2) is 0 Å². The molecule has 114 valence electrons. The van der Waals surface area contributed by atoms with E-state index in [0.717, 1.165) is 25.7 Å². The molecule has 1 N–H and O–H groups in total. The highest BCUT2D eigenvalue weighted by atomic mass is 79.9. The maximum atomic E-state index is 12.3. The topological polar surface area (TPSA) is 49.4 Å². The predicted octanol–water partition coefficient (Wildman–Crippen LogP) is 2.89. The fraction of sp³-hybridized carbons (Fsp3) is 1.00. The summed E-state index contributed by atoms with van der Waals surface area (Å²) < 4.78 is 28.9. The summed E-state index contributed by atoms with van der Waals surface area (Å²) in [5, 5.41) is 0. The second-order valence-corrected chi connectivity index (χ2v) is 9.67. The Labute approximate surface area is 126 Å². The summed E-state index contributed by atoms with van der Waals surface area (Å²) in [5.74, 6) is 0. The molecule has 0 aromatic heterocycles. The van der Waals surface area contributed by atoms with Crippen molar-refractivity contribution in [3.63, 3.8) is 0 Å². The third-order valence-corrected chi connectivity index (χ3v) is 5.71. The van der Waals surface area contributed by atoms with Gasteiger partial charge in [0.25, 0.3) is 10.2 Å². The van der Waals surface area contributed by atoms with Crippen molar-refractivity contribution in [3.05, 3.63) is 0 Å². The Morgan fingerprint density at radius 1 is 1.37 bits per heavy atom. The molecular formula is C13H27BrN2O2S. The van der Waals surface area contributed by atoms with Crippen LogP contribution in [-0.4, -0.2) is 36.7 Å². The molecule has 0 amide bonds. The summed E-state index contributed by atoms with van der Waals surface area (Å²) in [6, 6.07) is 0.114. The quantitative estimate of drug-likeness (QED) is 0.771. The van der Waals surface area contributed by atoms with Gasteiger partial charge in [-0.05, 0) is 31.6 Å². The van der Waals surface area contributed by atoms with E-state index in [2.05, 4.69) is 41.4 Å². The average molecular weight is 355 g/mol. The molecule has 0 aromatic rings. The Balaban J connectivity index is 2.50. The molecule has 0 aromatic carbocycles. The highest BCUT2D eigenvalue weighted by molar-refractivity contribution is 9.09. The van der Waals surface area contributed by atoms with Gasteiger partial charge in [-0.2, -0.15) is 12.7 Å². The van der Waals surface area contributed by atoms with Gasteiger partial charge in [0.2, 0.25) is 0 Å². The van der Waals surface area contributed by atoms with E-state index in [9.17, 15) is 8.42 Å². The van der Waals surface area contributed by atoms with Crippen molar-refractivity contribution >= 4 is 26.1 Å². The molecule has 2 atom stereocenters. The lowest BCUT2D eigenvalue weighted by Gasteiger charge is -2.32. The minimum absolute atomic E-state index is 0.114. The Bertz CT molecular complexity index is 379. The second-order valence-electron chi connectivity index (χ2n) is 6.67. The first kappa shape index (κ1) is 17.4. The van der Waals surface area contributed by atoms with Gasteiger partial charge in [-0.1, -0.05) is 43.1 Å². The van der Waals surface area contributed by atoms with Crippen LogP contribution in [0.5, 0.6) is 0 Å². The van der Waals surface area contributed by atoms with Crippen LogP contribution in [0.3, 0.4) is 0 Å². The molecule has 19 heavy (non-hydrogen) atoms. The molecule has 4 nitrogen and oxygen atoms in total. The number of nitrogens with zero attached hydrogens (tertiary/aromatic N) is 1. The zero-order valence-corrected chi connectivity index (χ0v) is 14.8. The van der Waals surface area contributed by atoms with E-state index in [0.29, 0.717) is 13.1 Å². The van der Waals surface area contributed by atoms with E-state index in [1.54, 1.807) is 4.31 Å². The van der Waals surface area contributed by atoms with E-state index in [4.69, 9.17) is 0 Å². The standard InChI is InChI=1S/C13H27BrN2O2S/c1-11-7-5-6-8-16(11)19(17,18)15-10-12(14)9-13(2,3)4/h11-12,15H,5-10H2,1-4H3. The van der Waals surface area contributed by atoms with E-state index >= 15 is 0 Å². The molecular weight excluding hydrogens is 328 g/mol. The van der Waals surface area contributed by atoms with Gasteiger partial charge in [0, 0.05) is 24.0 Å². The maximum Gasteiger partial charge on any atom is 0.279 e. The van der Waals surface area contributed by atoms with Crippen LogP contribution in [0.2, 0.25) is 0 Å². The van der Waals surface area contributed by atoms with Crippen LogP contribution in [0.4, 0.5) is 0 Å². The summed E-state index contributed by atoms with van der Waals surface area (Å²) in [7, 11) is -3.33. The number of halogens is 1. The first-order valence-electron chi connectivity index (χ1n) is 7.02. The second kappa shape index (κ2) is 6.87. The van der Waals surface area contributed by atoms with Crippen LogP contribution in [0, 0.1) is 5.41 Å². The maximum absolute atomic E-state index is 12.3. The summed E-state index contributed by atoms with van der Waals surface area (Å²) in [6.45, 7) is 9.54. The van der Waals surface area contributed by atoms with Crippen LogP contribution in [-0.2, 0) is 10.2 Å². The largest absolute Gasteiger partial charge is 0.279 e. The zero-order chi connectivity index (χ0) is 14.7. The first-order chi connectivity index (χ1) is 8.62. The van der Waals surface area contributed by atoms with Gasteiger partial charge in [-0.25, -0.2) is 4.72 Å². The van der Waals surface area contributed by atoms with Gasteiger partial charge in [-0.15, -0.1) is 0 Å². The van der Waals surface area contributed by atoms with Crippen LogP contribution in [0.15, 0.2) is 0 Å². The molecule has 1 aliphatic rings. The smallest absolute Gasteiger partial charge is 0.201 e. The van der Waals surface area contributed by atoms with Crippen molar-refractivity contribution in [2.45, 2.75) is 64.2 Å². The Morgan fingerprint density at radius 3 is 2.53 bits per heavy atom. The normalized spacial score (nSPS) is 24.4. The van der Waals surface area contributed by atoms with E-state index in [-0.39, 0.29) is 16.3 Å². The highest BCUT2D eigenvalue weighted by Crippen LogP contribution is 2.25. The lowest BCUT2D eigenvalue weighted by Crippen LogP contribution is -2.49. The Hall–Kier alpha value is 0.350. The van der Waals surface area contributed by atoms with Crippen molar-refractivity contribution in [1.29, 1.82) is 0 Å². The molecule has 0 radical (unpaired) electrons. The summed E-state index contributed by atoms with van der Waals surface area (Å²) in [4.78, 5) is 0.169. The summed E-state index contributed by atoms with van der Waals surface area (Å²) in [6.07, 6.45) is 3.98. The Morgan fingerprint density at radius 2 is 2.00 bits per heavy atom. The van der Waals surface area contributed by atoms with Crippen molar-refractivity contribution < 1.29 is 8.42 Å². The van der Waals surface area contributed by atoms with Crippen LogP contribution >= 0.6 is 15.9 Å². The van der Waals surface area contributed by atoms with Gasteiger partial charge in [-0.3, -0.25) is 0 Å². The summed E-state index contributed by atoms with van der Waals surface area (Å²) >= 11 is 3.56. The summed E-state index contributed by atoms with van der Waals surface area (Å²) in [5.41, 5.74) is 0.192. The monoisotopic (exact) mass is 354 g/mol. The Kier molecular flexibility index (Phi) is 6.29. The van der Waals surface area contributed by atoms with Gasteiger partial charge in [0.1, 0.15) is 0 Å². The number of rotatable bonds is 5. The van der Waals surface area contributed by atoms with E-state index < -0.39 is 10.2 Å². The van der Waals surface area contributed by atoms with Crippen LogP contribution in [0.25, 0.3) is 0 Å². The minimum Gasteiger partial charge on any atom is -0.201 e. The van der Waals surface area contributed by atoms with Crippen molar-refractivity contribution in [1.82, 2.24) is 9.03 Å². The molecule has 1 fully saturated rings. The number of piperidine rings is 1. The van der Waals surface area contributed by atoms with Crippen LogP contribution < -0.4 is 4.72 Å². The number of hydrogen-bond acceptors (Lipinski definition) is 2. The third-order valence-electron chi connectivity index (χ3n) is 3.37. The highest BCUT2D eigenvalue weighted by Gasteiger charge is 2.29.